The van der Waals surface area contributed by atoms with Crippen LogP contribution in [-0.2, 0) is 23.7 Å². The summed E-state index contributed by atoms with van der Waals surface area (Å²) in [5.41, 5.74) is 9.56. The number of halogens is 4. The van der Waals surface area contributed by atoms with Crippen LogP contribution in [0.2, 0.25) is 0 Å². The summed E-state index contributed by atoms with van der Waals surface area (Å²) in [4.78, 5) is 20.0. The van der Waals surface area contributed by atoms with Crippen molar-refractivity contribution < 1.29 is 18.7 Å². The van der Waals surface area contributed by atoms with Crippen molar-refractivity contribution in [2.75, 3.05) is 5.73 Å². The number of nitro groups is 2. The van der Waals surface area contributed by atoms with Crippen LogP contribution in [0, 0.1) is 26.0 Å². The Morgan fingerprint density at radius 1 is 0.824 bits per heavy atom. The van der Waals surface area contributed by atoms with Crippen molar-refractivity contribution >= 4 is 48.9 Å². The van der Waals surface area contributed by atoms with Gasteiger partial charge in [0.15, 0.2) is 0 Å². The van der Waals surface area contributed by atoms with E-state index in [2.05, 4.69) is 31.9 Å². The van der Waals surface area contributed by atoms with Crippen LogP contribution in [0.25, 0.3) is 0 Å². The van der Waals surface area contributed by atoms with Crippen LogP contribution in [0.3, 0.4) is 0 Å². The largest absolute Gasteiger partial charge is 0.399 e. The van der Waals surface area contributed by atoms with Gasteiger partial charge >= 0.3 is 0 Å². The van der Waals surface area contributed by atoms with Crippen molar-refractivity contribution in [2.45, 2.75) is 23.7 Å². The van der Waals surface area contributed by atoms with Crippen molar-refractivity contribution in [1.29, 1.82) is 0 Å². The first-order valence-corrected chi connectivity index (χ1v) is 11.9. The molecule has 180 valence electrons. The van der Waals surface area contributed by atoms with Gasteiger partial charge in [0.2, 0.25) is 0 Å². The van der Waals surface area contributed by atoms with Crippen molar-refractivity contribution in [1.82, 2.24) is 5.12 Å². The second-order valence-electron chi connectivity index (χ2n) is 7.02. The van der Waals surface area contributed by atoms with Gasteiger partial charge in [-0.1, -0.05) is 44.0 Å². The van der Waals surface area contributed by atoms with Gasteiger partial charge in [0.05, 0.1) is 22.9 Å². The number of rotatable bonds is 4. The summed E-state index contributed by atoms with van der Waals surface area (Å²) in [6, 6.07) is 15.0. The molecule has 0 bridgehead atoms. The van der Waals surface area contributed by atoms with Crippen LogP contribution in [0.15, 0.2) is 60.7 Å². The molecule has 0 atom stereocenters. The van der Waals surface area contributed by atoms with Crippen LogP contribution in [0.1, 0.15) is 22.3 Å². The maximum absolute atomic E-state index is 12.7. The van der Waals surface area contributed by atoms with E-state index in [-0.39, 0.29) is 35.2 Å². The Morgan fingerprint density at radius 3 is 1.88 bits per heavy atom. The third-order valence-electron chi connectivity index (χ3n) is 4.64. The number of alkyl halides is 2. The fraction of sp³-hybridized carbons (Fsp3) is 0.182. The van der Waals surface area contributed by atoms with Gasteiger partial charge in [-0.15, -0.1) is 9.60 Å². The maximum Gasteiger partial charge on any atom is 0.269 e. The van der Waals surface area contributed by atoms with E-state index in [0.29, 0.717) is 27.0 Å². The Hall–Kier alpha value is -2.96. The van der Waals surface area contributed by atoms with Gasteiger partial charge in [0.1, 0.15) is 5.82 Å². The molecule has 2 N–H and O–H groups in total. The number of nitrogens with two attached hydrogens (primary N) is 1. The zero-order valence-electron chi connectivity index (χ0n) is 17.7. The average Bonchev–Trinajstić information content (AvgIpc) is 3.20. The number of fused-ring (bicyclic) bond motifs is 1. The number of nitro benzene ring substituents is 2. The Balaban J connectivity index is 0.000000186. The molecule has 1 aliphatic heterocycles. The van der Waals surface area contributed by atoms with Crippen molar-refractivity contribution in [3.8, 4) is 0 Å². The van der Waals surface area contributed by atoms with Crippen LogP contribution >= 0.6 is 31.9 Å². The van der Waals surface area contributed by atoms with Crippen LogP contribution in [0.5, 0.6) is 0 Å². The van der Waals surface area contributed by atoms with Gasteiger partial charge in [-0.05, 0) is 46.5 Å². The highest BCUT2D eigenvalue weighted by molar-refractivity contribution is 9.09. The number of benzene rings is 3. The Bertz CT molecular complexity index is 1130. The molecule has 3 aromatic carbocycles. The molecule has 0 aliphatic carbocycles. The lowest BCUT2D eigenvalue weighted by Gasteiger charge is -2.02. The Morgan fingerprint density at radius 2 is 1.35 bits per heavy atom. The molecule has 34 heavy (non-hydrogen) atoms. The van der Waals surface area contributed by atoms with Gasteiger partial charge in [-0.3, -0.25) is 20.2 Å². The first-order valence-electron chi connectivity index (χ1n) is 9.70. The van der Waals surface area contributed by atoms with E-state index in [1.165, 1.54) is 42.5 Å². The molecule has 0 spiro atoms. The van der Waals surface area contributed by atoms with E-state index in [1.807, 2.05) is 0 Å². The quantitative estimate of drug-likeness (QED) is 0.119. The van der Waals surface area contributed by atoms with Crippen LogP contribution < -0.4 is 5.73 Å². The summed E-state index contributed by atoms with van der Waals surface area (Å²) in [5, 5.41) is 22.8. The molecule has 0 radical (unpaired) electrons. The lowest BCUT2D eigenvalue weighted by Crippen LogP contribution is -2.00. The number of anilines is 1. The second-order valence-corrected chi connectivity index (χ2v) is 8.14. The number of nitrogen functional groups attached to an aromatic ring is 1. The molecule has 12 heteroatoms. The SMILES string of the molecule is Nc1ccc(F)cc1.O=[N+]([O-])c1ccc(CBr)c(CBr)c1.O=[N+]([O-])c1ccc2c(c1)CN(F)C2. The highest BCUT2D eigenvalue weighted by atomic mass is 79.9. The Kier molecular flexibility index (Phi) is 10.5. The predicted molar refractivity (Wildman–Crippen MR) is 133 cm³/mol. The van der Waals surface area contributed by atoms with Crippen LogP contribution in [-0.4, -0.2) is 15.0 Å². The lowest BCUT2D eigenvalue weighted by atomic mass is 10.1. The van der Waals surface area contributed by atoms with Gasteiger partial charge in [0, 0.05) is 40.6 Å². The molecular weight excluding hydrogens is 582 g/mol. The summed E-state index contributed by atoms with van der Waals surface area (Å²) < 4.78 is 24.7. The zero-order valence-corrected chi connectivity index (χ0v) is 20.8. The summed E-state index contributed by atoms with van der Waals surface area (Å²) in [6.07, 6.45) is 0. The van der Waals surface area contributed by atoms with Gasteiger partial charge in [0.25, 0.3) is 11.4 Å². The van der Waals surface area contributed by atoms with Gasteiger partial charge in [-0.25, -0.2) is 4.39 Å². The smallest absolute Gasteiger partial charge is 0.269 e. The predicted octanol–water partition coefficient (Wildman–Crippen LogP) is 6.59. The number of nitrogens with zero attached hydrogens (tertiary/aromatic N) is 3. The molecule has 0 unspecified atom stereocenters. The summed E-state index contributed by atoms with van der Waals surface area (Å²) in [6.45, 7) is 0.379. The van der Waals surface area contributed by atoms with Crippen LogP contribution in [0.4, 0.5) is 25.9 Å². The van der Waals surface area contributed by atoms with Crippen molar-refractivity contribution in [2.24, 2.45) is 0 Å². The molecular formula is C22H20Br2F2N4O4. The summed E-state index contributed by atoms with van der Waals surface area (Å²) in [7, 11) is 0. The monoisotopic (exact) mass is 600 g/mol. The molecule has 0 fully saturated rings. The highest BCUT2D eigenvalue weighted by Crippen LogP contribution is 2.26. The first-order chi connectivity index (χ1) is 16.1. The third kappa shape index (κ3) is 8.12. The molecule has 8 nitrogen and oxygen atoms in total. The van der Waals surface area contributed by atoms with E-state index < -0.39 is 4.92 Å². The molecule has 0 saturated heterocycles. The molecule has 3 aromatic rings. The molecule has 0 amide bonds. The summed E-state index contributed by atoms with van der Waals surface area (Å²) in [5.74, 6) is -0.251. The lowest BCUT2D eigenvalue weighted by molar-refractivity contribution is -0.385. The fourth-order valence-corrected chi connectivity index (χ4v) is 3.97. The standard InChI is InChI=1S/C8H7Br2NO2.C8H7FN2O2.C6H6FN/c9-4-6-1-2-8(11(12)13)3-7(6)5-10;9-10-4-6-1-2-8(11(12)13)3-7(6)5-10;7-5-1-3-6(8)4-2-5/h2*1-3H,4-5H2;1-4H,8H2. The Labute approximate surface area is 210 Å². The van der Waals surface area contributed by atoms with Gasteiger partial charge < -0.3 is 5.73 Å². The van der Waals surface area contributed by atoms with E-state index in [9.17, 15) is 29.1 Å². The van der Waals surface area contributed by atoms with Gasteiger partial charge in [-0.2, -0.15) is 0 Å². The van der Waals surface area contributed by atoms with Crippen molar-refractivity contribution in [3.63, 3.8) is 0 Å². The van der Waals surface area contributed by atoms with E-state index in [4.69, 9.17) is 5.73 Å². The minimum absolute atomic E-state index is 0.0223. The van der Waals surface area contributed by atoms with E-state index >= 15 is 0 Å². The normalized spacial score (nSPS) is 12.0. The molecule has 1 aliphatic rings. The molecule has 4 rings (SSSR count). The second kappa shape index (κ2) is 13.1. The minimum atomic E-state index is -0.471. The molecule has 1 heterocycles. The highest BCUT2D eigenvalue weighted by Gasteiger charge is 2.20. The van der Waals surface area contributed by atoms with E-state index in [1.54, 1.807) is 18.2 Å². The zero-order chi connectivity index (χ0) is 25.3. The number of non-ortho nitro benzene ring substituents is 2. The van der Waals surface area contributed by atoms with E-state index in [0.717, 1.165) is 16.7 Å². The third-order valence-corrected chi connectivity index (χ3v) is 5.85. The van der Waals surface area contributed by atoms with Crippen molar-refractivity contribution in [3.05, 3.63) is 109 Å². The first kappa shape index (κ1) is 27.3. The number of hydrogen-bond donors (Lipinski definition) is 1. The fourth-order valence-electron chi connectivity index (χ4n) is 2.90. The summed E-state index contributed by atoms with van der Waals surface area (Å²) >= 11 is 6.61. The average molecular weight is 602 g/mol. The topological polar surface area (TPSA) is 116 Å². The minimum Gasteiger partial charge on any atom is -0.399 e. The number of hydrogen-bond acceptors (Lipinski definition) is 6. The molecule has 0 saturated carbocycles. The molecule has 0 aromatic heterocycles. The maximum atomic E-state index is 12.7.